The number of alkyl halides is 1. The maximum Gasteiger partial charge on any atom is 0.365 e. The van der Waals surface area contributed by atoms with Crippen LogP contribution in [0.25, 0.3) is 0 Å². The molecule has 0 amide bonds. The van der Waals surface area contributed by atoms with Crippen LogP contribution in [0.15, 0.2) is 0 Å². The number of hydrogen-bond donors (Lipinski definition) is 1. The molecule has 0 aliphatic carbocycles. The van der Waals surface area contributed by atoms with Crippen molar-refractivity contribution in [3.05, 3.63) is 0 Å². The molecule has 0 saturated heterocycles. The molecule has 0 fully saturated rings. The molecule has 0 spiro atoms. The molecule has 0 aromatic rings. The first-order valence-corrected chi connectivity index (χ1v) is 2.72. The zero-order chi connectivity index (χ0) is 6.57. The first-order valence-electron chi connectivity index (χ1n) is 2.19. The number of halogens is 1. The zero-order valence-corrected chi connectivity index (χ0v) is 5.44. The summed E-state index contributed by atoms with van der Waals surface area (Å²) in [7, 11) is 1.31. The van der Waals surface area contributed by atoms with E-state index >= 15 is 0 Å². The van der Waals surface area contributed by atoms with E-state index in [4.69, 9.17) is 11.6 Å². The number of esters is 1. The van der Waals surface area contributed by atoms with Crippen LogP contribution in [0.4, 0.5) is 0 Å². The van der Waals surface area contributed by atoms with Crippen LogP contribution in [0.2, 0.25) is 0 Å². The van der Waals surface area contributed by atoms with Gasteiger partial charge in [0.1, 0.15) is 0 Å². The summed E-state index contributed by atoms with van der Waals surface area (Å²) in [5.74, 6) is -0.146. The van der Waals surface area contributed by atoms with E-state index in [1.54, 1.807) is 0 Å². The molecular weight excluding hydrogens is 130 g/mol. The van der Waals surface area contributed by atoms with E-state index in [0.717, 1.165) is 0 Å². The van der Waals surface area contributed by atoms with E-state index < -0.39 is 6.04 Å². The third-order valence-corrected chi connectivity index (χ3v) is 1.09. The molecule has 0 aromatic carbocycles. The molecule has 0 heterocycles. The van der Waals surface area contributed by atoms with Gasteiger partial charge in [0.05, 0.1) is 13.0 Å². The van der Waals surface area contributed by atoms with Crippen molar-refractivity contribution < 1.29 is 15.3 Å². The molecule has 1 atom stereocenters. The fraction of sp³-hybridized carbons (Fsp3) is 0.750. The maximum atomic E-state index is 10.4. The summed E-state index contributed by atoms with van der Waals surface area (Å²) in [5.41, 5.74) is 3.42. The van der Waals surface area contributed by atoms with Gasteiger partial charge in [-0.1, -0.05) is 0 Å². The Morgan fingerprint density at radius 2 is 2.50 bits per heavy atom. The maximum absolute atomic E-state index is 10.4. The summed E-state index contributed by atoms with van der Waals surface area (Å²) in [6, 6.07) is -0.429. The molecule has 0 saturated carbocycles. The molecule has 0 bridgehead atoms. The van der Waals surface area contributed by atoms with E-state index in [1.165, 1.54) is 7.11 Å². The van der Waals surface area contributed by atoms with Crippen LogP contribution in [-0.2, 0) is 9.53 Å². The predicted octanol–water partition coefficient (Wildman–Crippen LogP) is -0.991. The number of carbonyl (C=O) groups is 1. The summed E-state index contributed by atoms with van der Waals surface area (Å²) in [5, 5.41) is 0. The lowest BCUT2D eigenvalue weighted by Gasteiger charge is -1.98. The minimum Gasteiger partial charge on any atom is -0.465 e. The van der Waals surface area contributed by atoms with Gasteiger partial charge in [0.15, 0.2) is 6.04 Å². The van der Waals surface area contributed by atoms with Gasteiger partial charge in [0, 0.05) is 0 Å². The van der Waals surface area contributed by atoms with Gasteiger partial charge in [-0.25, -0.2) is 4.79 Å². The van der Waals surface area contributed by atoms with Crippen LogP contribution >= 0.6 is 11.6 Å². The second kappa shape index (κ2) is 3.69. The van der Waals surface area contributed by atoms with E-state index in [9.17, 15) is 4.79 Å². The fourth-order valence-corrected chi connectivity index (χ4v) is 0.356. The highest BCUT2D eigenvalue weighted by molar-refractivity contribution is 6.19. The van der Waals surface area contributed by atoms with E-state index in [0.29, 0.717) is 0 Å². The molecule has 0 aliphatic heterocycles. The number of rotatable bonds is 2. The summed E-state index contributed by atoms with van der Waals surface area (Å²) in [6.07, 6.45) is 0. The zero-order valence-electron chi connectivity index (χ0n) is 4.69. The monoisotopic (exact) mass is 138 g/mol. The van der Waals surface area contributed by atoms with Crippen molar-refractivity contribution in [3.8, 4) is 0 Å². The highest BCUT2D eigenvalue weighted by Crippen LogP contribution is 1.83. The summed E-state index contributed by atoms with van der Waals surface area (Å²) >= 11 is 5.26. The van der Waals surface area contributed by atoms with Gasteiger partial charge in [0.25, 0.3) is 0 Å². The molecule has 0 aromatic heterocycles. The highest BCUT2D eigenvalue weighted by atomic mass is 35.5. The molecular formula is C4H9ClNO2+. The Balaban J connectivity index is 3.46. The lowest BCUT2D eigenvalue weighted by atomic mass is 10.4. The van der Waals surface area contributed by atoms with Crippen LogP contribution in [0.1, 0.15) is 0 Å². The molecule has 0 aliphatic rings. The first kappa shape index (κ1) is 7.72. The smallest absolute Gasteiger partial charge is 0.365 e. The van der Waals surface area contributed by atoms with Gasteiger partial charge in [-0.15, -0.1) is 11.6 Å². The largest absolute Gasteiger partial charge is 0.465 e. The van der Waals surface area contributed by atoms with Crippen molar-refractivity contribution in [3.63, 3.8) is 0 Å². The van der Waals surface area contributed by atoms with Crippen LogP contribution < -0.4 is 5.73 Å². The molecule has 48 valence electrons. The number of methoxy groups -OCH3 is 1. The van der Waals surface area contributed by atoms with Crippen molar-refractivity contribution in [1.82, 2.24) is 0 Å². The van der Waals surface area contributed by atoms with Gasteiger partial charge >= 0.3 is 5.97 Å². The minimum atomic E-state index is -0.429. The second-order valence-corrected chi connectivity index (χ2v) is 1.68. The van der Waals surface area contributed by atoms with Crippen molar-refractivity contribution in [1.29, 1.82) is 0 Å². The lowest BCUT2D eigenvalue weighted by Crippen LogP contribution is -2.66. The van der Waals surface area contributed by atoms with Gasteiger partial charge in [0.2, 0.25) is 0 Å². The van der Waals surface area contributed by atoms with E-state index in [2.05, 4.69) is 10.5 Å². The van der Waals surface area contributed by atoms with Crippen molar-refractivity contribution in [2.45, 2.75) is 6.04 Å². The van der Waals surface area contributed by atoms with Gasteiger partial charge < -0.3 is 10.5 Å². The van der Waals surface area contributed by atoms with Crippen LogP contribution in [0, 0.1) is 0 Å². The summed E-state index contributed by atoms with van der Waals surface area (Å²) < 4.78 is 4.32. The Hall–Kier alpha value is -0.280. The predicted molar refractivity (Wildman–Crippen MR) is 29.4 cm³/mol. The average Bonchev–Trinajstić information content (AvgIpc) is 1.84. The lowest BCUT2D eigenvalue weighted by molar-refractivity contribution is -0.401. The summed E-state index contributed by atoms with van der Waals surface area (Å²) in [6.45, 7) is 0. The van der Waals surface area contributed by atoms with Crippen LogP contribution in [0.5, 0.6) is 0 Å². The Kier molecular flexibility index (Phi) is 3.56. The normalized spacial score (nSPS) is 12.9. The molecule has 3 N–H and O–H groups in total. The fourth-order valence-electron chi connectivity index (χ4n) is 0.230. The Morgan fingerprint density at radius 1 is 2.00 bits per heavy atom. The Bertz CT molecular complexity index is 86.1. The quantitative estimate of drug-likeness (QED) is 0.394. The highest BCUT2D eigenvalue weighted by Gasteiger charge is 2.14. The van der Waals surface area contributed by atoms with E-state index in [-0.39, 0.29) is 11.8 Å². The summed E-state index contributed by atoms with van der Waals surface area (Å²) in [4.78, 5) is 10.4. The SMILES string of the molecule is COC(=O)[C@H]([NH3+])CCl. The first-order chi connectivity index (χ1) is 3.72. The number of ether oxygens (including phenoxy) is 1. The van der Waals surface area contributed by atoms with Gasteiger partial charge in [-0.2, -0.15) is 0 Å². The molecule has 8 heavy (non-hydrogen) atoms. The van der Waals surface area contributed by atoms with Crippen LogP contribution in [0.3, 0.4) is 0 Å². The van der Waals surface area contributed by atoms with Crippen molar-refractivity contribution in [2.75, 3.05) is 13.0 Å². The van der Waals surface area contributed by atoms with Gasteiger partial charge in [-0.05, 0) is 0 Å². The number of quaternary nitrogens is 1. The molecule has 0 radical (unpaired) electrons. The standard InChI is InChI=1S/C4H8ClNO2/c1-8-4(7)3(6)2-5/h3H,2,6H2,1H3/p+1/t3-/m1/s1. The van der Waals surface area contributed by atoms with Gasteiger partial charge in [-0.3, -0.25) is 0 Å². The number of hydrogen-bond acceptors (Lipinski definition) is 2. The molecule has 0 unspecified atom stereocenters. The Labute approximate surface area is 52.8 Å². The molecule has 3 nitrogen and oxygen atoms in total. The topological polar surface area (TPSA) is 53.9 Å². The van der Waals surface area contributed by atoms with Crippen LogP contribution in [-0.4, -0.2) is 25.0 Å². The second-order valence-electron chi connectivity index (χ2n) is 1.37. The van der Waals surface area contributed by atoms with E-state index in [1.807, 2.05) is 0 Å². The minimum absolute atomic E-state index is 0.215. The van der Waals surface area contributed by atoms with Crippen molar-refractivity contribution in [2.24, 2.45) is 0 Å². The average molecular weight is 139 g/mol. The third kappa shape index (κ3) is 2.14. The number of carbonyl (C=O) groups excluding carboxylic acids is 1. The Morgan fingerprint density at radius 3 is 2.62 bits per heavy atom. The third-order valence-electron chi connectivity index (χ3n) is 0.721. The molecule has 0 rings (SSSR count). The van der Waals surface area contributed by atoms with Crippen molar-refractivity contribution >= 4 is 17.6 Å². The molecule has 4 heteroatoms.